The van der Waals surface area contributed by atoms with Crippen LogP contribution >= 0.6 is 0 Å². The summed E-state index contributed by atoms with van der Waals surface area (Å²) in [6.45, 7) is 5.49. The molecule has 0 aromatic carbocycles. The minimum atomic E-state index is -4.40. The Hall–Kier alpha value is -1.60. The van der Waals surface area contributed by atoms with Gasteiger partial charge >= 0.3 is 5.97 Å². The average Bonchev–Trinajstić information content (AvgIpc) is 2.25. The van der Waals surface area contributed by atoms with E-state index >= 15 is 0 Å². The molecule has 0 amide bonds. The second-order valence-electron chi connectivity index (χ2n) is 5.28. The molecule has 110 valence electrons. The standard InChI is InChI=1S/C13H17NO5S/c1-6(2)12-7(3)8-4-11(20(16,17)18)9(14)5-10(8)19-13(12)15/h4-6,8,10H,14H2,1-3H3,(H,16,17,18). The molecular formula is C13H17NO5S. The number of esters is 1. The van der Waals surface area contributed by atoms with Crippen molar-refractivity contribution in [1.82, 2.24) is 0 Å². The molecule has 1 aliphatic heterocycles. The Morgan fingerprint density at radius 3 is 2.45 bits per heavy atom. The van der Waals surface area contributed by atoms with Crippen molar-refractivity contribution >= 4 is 16.1 Å². The Kier molecular flexibility index (Phi) is 3.51. The van der Waals surface area contributed by atoms with Gasteiger partial charge < -0.3 is 10.5 Å². The zero-order valence-corrected chi connectivity index (χ0v) is 12.3. The molecule has 0 saturated heterocycles. The maximum atomic E-state index is 11.9. The van der Waals surface area contributed by atoms with Gasteiger partial charge in [0, 0.05) is 11.5 Å². The molecule has 3 N–H and O–H groups in total. The summed E-state index contributed by atoms with van der Waals surface area (Å²) < 4.78 is 37.1. The van der Waals surface area contributed by atoms with E-state index < -0.39 is 28.1 Å². The highest BCUT2D eigenvalue weighted by Gasteiger charge is 2.38. The fourth-order valence-electron chi connectivity index (χ4n) is 2.65. The highest BCUT2D eigenvalue weighted by molar-refractivity contribution is 7.90. The minimum Gasteiger partial charge on any atom is -0.454 e. The van der Waals surface area contributed by atoms with Gasteiger partial charge in [-0.3, -0.25) is 4.55 Å². The van der Waals surface area contributed by atoms with E-state index in [4.69, 9.17) is 10.5 Å². The molecule has 0 bridgehead atoms. The number of carbonyl (C=O) groups is 1. The predicted octanol–water partition coefficient (Wildman–Crippen LogP) is 1.13. The second-order valence-corrected chi connectivity index (χ2v) is 6.67. The number of fused-ring (bicyclic) bond motifs is 1. The number of rotatable bonds is 2. The van der Waals surface area contributed by atoms with Crippen LogP contribution in [-0.2, 0) is 19.6 Å². The summed E-state index contributed by atoms with van der Waals surface area (Å²) in [5.41, 5.74) is 6.77. The first kappa shape index (κ1) is 14.8. The van der Waals surface area contributed by atoms with Crippen LogP contribution in [0.25, 0.3) is 0 Å². The fourth-order valence-corrected chi connectivity index (χ4v) is 3.33. The van der Waals surface area contributed by atoms with Gasteiger partial charge in [-0.15, -0.1) is 0 Å². The summed E-state index contributed by atoms with van der Waals surface area (Å²) in [4.78, 5) is 11.6. The van der Waals surface area contributed by atoms with Gasteiger partial charge in [0.05, 0.1) is 5.70 Å². The van der Waals surface area contributed by atoms with Crippen molar-refractivity contribution in [2.45, 2.75) is 26.9 Å². The van der Waals surface area contributed by atoms with Crippen molar-refractivity contribution in [3.8, 4) is 0 Å². The topological polar surface area (TPSA) is 107 Å². The van der Waals surface area contributed by atoms with E-state index in [9.17, 15) is 17.8 Å². The maximum absolute atomic E-state index is 11.9. The van der Waals surface area contributed by atoms with Crippen molar-refractivity contribution in [2.75, 3.05) is 0 Å². The average molecular weight is 299 g/mol. The van der Waals surface area contributed by atoms with Gasteiger partial charge in [-0.2, -0.15) is 8.42 Å². The highest BCUT2D eigenvalue weighted by atomic mass is 32.2. The van der Waals surface area contributed by atoms with E-state index in [0.29, 0.717) is 5.57 Å². The molecule has 0 spiro atoms. The smallest absolute Gasteiger partial charge is 0.334 e. The third kappa shape index (κ3) is 2.38. The van der Waals surface area contributed by atoms with Crippen LogP contribution in [0.4, 0.5) is 0 Å². The third-order valence-electron chi connectivity index (χ3n) is 3.56. The number of hydrogen-bond donors (Lipinski definition) is 2. The summed E-state index contributed by atoms with van der Waals surface area (Å²) in [5.74, 6) is -0.866. The lowest BCUT2D eigenvalue weighted by molar-refractivity contribution is -0.145. The van der Waals surface area contributed by atoms with Crippen molar-refractivity contribution in [2.24, 2.45) is 17.6 Å². The fraction of sp³-hybridized carbons (Fsp3) is 0.462. The largest absolute Gasteiger partial charge is 0.454 e. The van der Waals surface area contributed by atoms with E-state index in [-0.39, 0.29) is 16.5 Å². The van der Waals surface area contributed by atoms with Crippen molar-refractivity contribution in [3.05, 3.63) is 33.9 Å². The van der Waals surface area contributed by atoms with E-state index in [1.807, 2.05) is 13.8 Å². The molecule has 2 atom stereocenters. The highest BCUT2D eigenvalue weighted by Crippen LogP contribution is 2.37. The Balaban J connectivity index is 2.57. The molecule has 2 unspecified atom stereocenters. The minimum absolute atomic E-state index is 0.0331. The van der Waals surface area contributed by atoms with Crippen molar-refractivity contribution < 1.29 is 22.5 Å². The third-order valence-corrected chi connectivity index (χ3v) is 4.48. The zero-order chi connectivity index (χ0) is 15.2. The van der Waals surface area contributed by atoms with Crippen LogP contribution in [0.15, 0.2) is 33.9 Å². The lowest BCUT2D eigenvalue weighted by Crippen LogP contribution is -2.37. The van der Waals surface area contributed by atoms with Gasteiger partial charge in [-0.1, -0.05) is 25.5 Å². The lowest BCUT2D eigenvalue weighted by Gasteiger charge is -2.34. The molecule has 1 heterocycles. The van der Waals surface area contributed by atoms with Gasteiger partial charge in [0.1, 0.15) is 11.0 Å². The quantitative estimate of drug-likeness (QED) is 0.584. The van der Waals surface area contributed by atoms with Crippen LogP contribution in [0.2, 0.25) is 0 Å². The number of carbonyl (C=O) groups excluding carboxylic acids is 1. The Morgan fingerprint density at radius 1 is 1.35 bits per heavy atom. The second kappa shape index (κ2) is 4.75. The Labute approximate surface area is 117 Å². The van der Waals surface area contributed by atoms with Crippen molar-refractivity contribution in [3.63, 3.8) is 0 Å². The Morgan fingerprint density at radius 2 is 1.95 bits per heavy atom. The molecular weight excluding hydrogens is 282 g/mol. The zero-order valence-electron chi connectivity index (χ0n) is 11.5. The summed E-state index contributed by atoms with van der Waals surface area (Å²) in [6.07, 6.45) is 2.07. The van der Waals surface area contributed by atoms with E-state index in [1.165, 1.54) is 12.2 Å². The Bertz CT molecular complexity index is 654. The number of nitrogens with two attached hydrogens (primary N) is 1. The molecule has 0 saturated carbocycles. The van der Waals surface area contributed by atoms with Gasteiger partial charge in [-0.05, 0) is 18.9 Å². The summed E-state index contributed by atoms with van der Waals surface area (Å²) >= 11 is 0. The molecule has 2 aliphatic rings. The molecule has 0 fully saturated rings. The molecule has 0 aromatic rings. The van der Waals surface area contributed by atoms with E-state index in [2.05, 4.69) is 0 Å². The molecule has 0 radical (unpaired) electrons. The van der Waals surface area contributed by atoms with Crippen LogP contribution in [0.1, 0.15) is 20.8 Å². The molecule has 0 aromatic heterocycles. The molecule has 20 heavy (non-hydrogen) atoms. The number of hydrogen-bond acceptors (Lipinski definition) is 5. The lowest BCUT2D eigenvalue weighted by atomic mass is 9.82. The monoisotopic (exact) mass is 299 g/mol. The summed E-state index contributed by atoms with van der Waals surface area (Å²) in [5, 5.41) is 0. The first-order valence-electron chi connectivity index (χ1n) is 6.21. The molecule has 2 rings (SSSR count). The summed E-state index contributed by atoms with van der Waals surface area (Å²) in [7, 11) is -4.40. The normalized spacial score (nSPS) is 26.9. The van der Waals surface area contributed by atoms with Gasteiger partial charge in [0.15, 0.2) is 0 Å². The molecule has 1 aliphatic carbocycles. The van der Waals surface area contributed by atoms with Gasteiger partial charge in [0.2, 0.25) is 0 Å². The van der Waals surface area contributed by atoms with Crippen molar-refractivity contribution in [1.29, 1.82) is 0 Å². The maximum Gasteiger partial charge on any atom is 0.334 e. The van der Waals surface area contributed by atoms with Crippen LogP contribution in [-0.4, -0.2) is 25.0 Å². The van der Waals surface area contributed by atoms with E-state index in [1.54, 1.807) is 6.92 Å². The van der Waals surface area contributed by atoms with Crippen LogP contribution in [0.3, 0.4) is 0 Å². The van der Waals surface area contributed by atoms with E-state index in [0.717, 1.165) is 5.57 Å². The summed E-state index contributed by atoms with van der Waals surface area (Å²) in [6, 6.07) is 0. The predicted molar refractivity (Wildman–Crippen MR) is 72.8 cm³/mol. The first-order chi connectivity index (χ1) is 9.12. The number of ether oxygens (including phenoxy) is 1. The van der Waals surface area contributed by atoms with Crippen LogP contribution < -0.4 is 5.73 Å². The van der Waals surface area contributed by atoms with Gasteiger partial charge in [-0.25, -0.2) is 4.79 Å². The molecule has 7 heteroatoms. The first-order valence-corrected chi connectivity index (χ1v) is 7.65. The van der Waals surface area contributed by atoms with Gasteiger partial charge in [0.25, 0.3) is 10.1 Å². The SMILES string of the molecule is CC1=C(C(C)C)C(=O)OC2C=C(N)C(S(=O)(=O)O)=CC12. The van der Waals surface area contributed by atoms with Crippen LogP contribution in [0.5, 0.6) is 0 Å². The molecule has 6 nitrogen and oxygen atoms in total. The van der Waals surface area contributed by atoms with Crippen LogP contribution in [0, 0.1) is 11.8 Å².